The summed E-state index contributed by atoms with van der Waals surface area (Å²) < 4.78 is 33.9. The molecule has 0 bridgehead atoms. The number of halogens is 3. The van der Waals surface area contributed by atoms with Crippen LogP contribution < -0.4 is 15.4 Å². The summed E-state index contributed by atoms with van der Waals surface area (Å²) in [4.78, 5) is 11.6. The Kier molecular flexibility index (Phi) is 7.30. The zero-order valence-corrected chi connectivity index (χ0v) is 19.0. The Hall–Kier alpha value is -1.78. The first-order chi connectivity index (χ1) is 14.2. The van der Waals surface area contributed by atoms with Crippen molar-refractivity contribution in [3.05, 3.63) is 62.7 Å². The van der Waals surface area contributed by atoms with Crippen molar-refractivity contribution in [2.45, 2.75) is 44.4 Å². The fraction of sp³-hybridized carbons (Fsp3) is 0.409. The molecule has 1 aliphatic heterocycles. The highest BCUT2D eigenvalue weighted by Crippen LogP contribution is 2.37. The average molecular weight is 530 g/mol. The number of ether oxygens (including phenoxy) is 1. The number of carbonyl (C=O) groups excluding carboxylic acids is 1. The van der Waals surface area contributed by atoms with Gasteiger partial charge in [0.25, 0.3) is 0 Å². The van der Waals surface area contributed by atoms with Crippen molar-refractivity contribution >= 4 is 28.5 Å². The Morgan fingerprint density at radius 3 is 2.63 bits per heavy atom. The maximum atomic E-state index is 13.5. The van der Waals surface area contributed by atoms with Gasteiger partial charge in [0.05, 0.1) is 18.8 Å². The standard InChI is InChI=1S/C22H25F2IN2O3/c1-13(28)27-19(9-14-7-15(23)10-16(24)8-14)20(29)12-26-22(2)5-6-30-21-4-3-17(25)11-18(21)22/h3-4,7-8,10-11,19-20,26,29H,5-6,9,12H2,1-2H3,(H,27,28). The third-order valence-electron chi connectivity index (χ3n) is 5.33. The van der Waals surface area contributed by atoms with Crippen LogP contribution in [0.5, 0.6) is 5.75 Å². The Morgan fingerprint density at radius 1 is 1.27 bits per heavy atom. The van der Waals surface area contributed by atoms with Gasteiger partial charge in [-0.15, -0.1) is 0 Å². The van der Waals surface area contributed by atoms with E-state index in [2.05, 4.69) is 39.3 Å². The number of hydrogen-bond donors (Lipinski definition) is 3. The second-order valence-electron chi connectivity index (χ2n) is 7.81. The normalized spacial score (nSPS) is 20.1. The smallest absolute Gasteiger partial charge is 0.217 e. The van der Waals surface area contributed by atoms with E-state index in [9.17, 15) is 18.7 Å². The molecule has 1 aliphatic rings. The van der Waals surface area contributed by atoms with Gasteiger partial charge in [-0.1, -0.05) is 0 Å². The summed E-state index contributed by atoms with van der Waals surface area (Å²) >= 11 is 2.24. The van der Waals surface area contributed by atoms with Crippen LogP contribution in [0.2, 0.25) is 0 Å². The van der Waals surface area contributed by atoms with Crippen molar-refractivity contribution in [1.29, 1.82) is 0 Å². The van der Waals surface area contributed by atoms with Gasteiger partial charge in [-0.25, -0.2) is 8.78 Å². The number of benzene rings is 2. The molecule has 3 N–H and O–H groups in total. The zero-order valence-electron chi connectivity index (χ0n) is 16.8. The molecule has 30 heavy (non-hydrogen) atoms. The second-order valence-corrected chi connectivity index (χ2v) is 9.05. The van der Waals surface area contributed by atoms with E-state index < -0.39 is 29.3 Å². The lowest BCUT2D eigenvalue weighted by molar-refractivity contribution is -0.120. The van der Waals surface area contributed by atoms with E-state index in [-0.39, 0.29) is 18.9 Å². The maximum Gasteiger partial charge on any atom is 0.217 e. The van der Waals surface area contributed by atoms with Gasteiger partial charge >= 0.3 is 0 Å². The predicted molar refractivity (Wildman–Crippen MR) is 118 cm³/mol. The van der Waals surface area contributed by atoms with Crippen LogP contribution in [0.1, 0.15) is 31.4 Å². The van der Waals surface area contributed by atoms with Gasteiger partial charge in [-0.3, -0.25) is 4.79 Å². The van der Waals surface area contributed by atoms with Crippen LogP contribution in [0.4, 0.5) is 8.78 Å². The third-order valence-corrected chi connectivity index (χ3v) is 6.00. The lowest BCUT2D eigenvalue weighted by Gasteiger charge is -2.38. The number of aliphatic hydroxyl groups is 1. The number of carbonyl (C=O) groups is 1. The highest BCUT2D eigenvalue weighted by Gasteiger charge is 2.34. The molecule has 0 fully saturated rings. The zero-order chi connectivity index (χ0) is 21.9. The van der Waals surface area contributed by atoms with Crippen LogP contribution >= 0.6 is 22.6 Å². The summed E-state index contributed by atoms with van der Waals surface area (Å²) in [5.74, 6) is -0.909. The van der Waals surface area contributed by atoms with Crippen LogP contribution in [0.3, 0.4) is 0 Å². The highest BCUT2D eigenvalue weighted by atomic mass is 127. The van der Waals surface area contributed by atoms with Crippen LogP contribution in [0, 0.1) is 15.2 Å². The summed E-state index contributed by atoms with van der Waals surface area (Å²) in [6, 6.07) is 8.46. The molecule has 2 aromatic carbocycles. The Morgan fingerprint density at radius 2 is 1.97 bits per heavy atom. The summed E-state index contributed by atoms with van der Waals surface area (Å²) in [5.41, 5.74) is 0.959. The molecule has 162 valence electrons. The molecule has 0 saturated heterocycles. The molecular formula is C22H25F2IN2O3. The lowest BCUT2D eigenvalue weighted by atomic mass is 9.86. The lowest BCUT2D eigenvalue weighted by Crippen LogP contribution is -2.52. The van der Waals surface area contributed by atoms with Gasteiger partial charge in [0.1, 0.15) is 17.4 Å². The molecule has 1 amide bonds. The van der Waals surface area contributed by atoms with E-state index in [0.717, 1.165) is 20.9 Å². The van der Waals surface area contributed by atoms with Gasteiger partial charge in [-0.05, 0) is 71.8 Å². The topological polar surface area (TPSA) is 70.6 Å². The minimum absolute atomic E-state index is 0.103. The molecule has 3 unspecified atom stereocenters. The average Bonchev–Trinajstić information content (AvgIpc) is 2.65. The number of nitrogens with one attached hydrogen (secondary N) is 2. The molecule has 8 heteroatoms. The molecule has 0 spiro atoms. The first kappa shape index (κ1) is 22.9. The van der Waals surface area contributed by atoms with E-state index >= 15 is 0 Å². The van der Waals surface area contributed by atoms with Gasteiger partial charge in [0.2, 0.25) is 5.91 Å². The maximum absolute atomic E-state index is 13.5. The Labute approximate surface area is 188 Å². The van der Waals surface area contributed by atoms with Crippen LogP contribution in [0.15, 0.2) is 36.4 Å². The molecular weight excluding hydrogens is 505 g/mol. The monoisotopic (exact) mass is 530 g/mol. The van der Waals surface area contributed by atoms with Gasteiger partial charge in [0.15, 0.2) is 0 Å². The van der Waals surface area contributed by atoms with Crippen LogP contribution in [0.25, 0.3) is 0 Å². The summed E-state index contributed by atoms with van der Waals surface area (Å²) in [5, 5.41) is 16.9. The predicted octanol–water partition coefficient (Wildman–Crippen LogP) is 3.27. The highest BCUT2D eigenvalue weighted by molar-refractivity contribution is 14.1. The van der Waals surface area contributed by atoms with Crippen molar-refractivity contribution < 1.29 is 23.4 Å². The molecule has 5 nitrogen and oxygen atoms in total. The van der Waals surface area contributed by atoms with Gasteiger partial charge in [-0.2, -0.15) is 0 Å². The van der Waals surface area contributed by atoms with Gasteiger partial charge in [0, 0.05) is 40.6 Å². The molecule has 1 heterocycles. The number of fused-ring (bicyclic) bond motifs is 1. The van der Waals surface area contributed by atoms with E-state index in [1.54, 1.807) is 0 Å². The first-order valence-corrected chi connectivity index (χ1v) is 10.8. The fourth-order valence-corrected chi connectivity index (χ4v) is 4.23. The third kappa shape index (κ3) is 5.67. The minimum atomic E-state index is -0.967. The Bertz CT molecular complexity index is 907. The summed E-state index contributed by atoms with van der Waals surface area (Å²) in [6.07, 6.45) is -0.149. The molecule has 0 saturated carbocycles. The largest absolute Gasteiger partial charge is 0.493 e. The SMILES string of the molecule is CC(=O)NC(Cc1cc(F)cc(F)c1)C(O)CNC1(C)CCOc2ccc(I)cc21. The molecule has 0 aliphatic carbocycles. The number of aliphatic hydroxyl groups excluding tert-OH is 1. The van der Waals surface area contributed by atoms with Crippen LogP contribution in [-0.4, -0.2) is 36.3 Å². The number of rotatable bonds is 7. The van der Waals surface area contributed by atoms with Crippen LogP contribution in [-0.2, 0) is 16.8 Å². The van der Waals surface area contributed by atoms with Gasteiger partial charge < -0.3 is 20.5 Å². The summed E-state index contributed by atoms with van der Waals surface area (Å²) in [7, 11) is 0. The molecule has 0 aromatic heterocycles. The van der Waals surface area contributed by atoms with Crippen molar-refractivity contribution in [1.82, 2.24) is 10.6 Å². The van der Waals surface area contributed by atoms with E-state index in [0.29, 0.717) is 18.6 Å². The van der Waals surface area contributed by atoms with Crippen molar-refractivity contribution in [3.63, 3.8) is 0 Å². The van der Waals surface area contributed by atoms with E-state index in [4.69, 9.17) is 4.74 Å². The minimum Gasteiger partial charge on any atom is -0.493 e. The molecule has 0 radical (unpaired) electrons. The molecule has 2 aromatic rings. The number of amides is 1. The first-order valence-electron chi connectivity index (χ1n) is 9.74. The van der Waals surface area contributed by atoms with E-state index in [1.807, 2.05) is 19.1 Å². The second kappa shape index (κ2) is 9.57. The quantitative estimate of drug-likeness (QED) is 0.481. The van der Waals surface area contributed by atoms with Crippen molar-refractivity contribution in [2.24, 2.45) is 0 Å². The fourth-order valence-electron chi connectivity index (χ4n) is 3.74. The van der Waals surface area contributed by atoms with Crippen molar-refractivity contribution in [2.75, 3.05) is 13.2 Å². The summed E-state index contributed by atoms with van der Waals surface area (Å²) in [6.45, 7) is 4.12. The Balaban J connectivity index is 1.74. The molecule has 3 rings (SSSR count). The number of hydrogen-bond acceptors (Lipinski definition) is 4. The molecule has 3 atom stereocenters. The van der Waals surface area contributed by atoms with Crippen molar-refractivity contribution in [3.8, 4) is 5.75 Å². The van der Waals surface area contributed by atoms with E-state index in [1.165, 1.54) is 19.1 Å².